The minimum atomic E-state index is 0.0384. The van der Waals surface area contributed by atoms with Gasteiger partial charge in [0.05, 0.1) is 6.61 Å². The molecule has 0 saturated carbocycles. The summed E-state index contributed by atoms with van der Waals surface area (Å²) in [5.74, 6) is 0.912. The Morgan fingerprint density at radius 1 is 1.32 bits per heavy atom. The molecule has 3 nitrogen and oxygen atoms in total. The molecule has 0 amide bonds. The molecule has 1 aromatic carbocycles. The number of methoxy groups -OCH3 is 1. The van der Waals surface area contributed by atoms with Crippen LogP contribution < -0.4 is 10.1 Å². The largest absolute Gasteiger partial charge is 0.488 e. The number of nitrogens with one attached hydrogen (secondary N) is 1. The van der Waals surface area contributed by atoms with Crippen molar-refractivity contribution in [2.45, 2.75) is 39.3 Å². The summed E-state index contributed by atoms with van der Waals surface area (Å²) in [4.78, 5) is 0. The molecule has 2 unspecified atom stereocenters. The Kier molecular flexibility index (Phi) is 7.42. The van der Waals surface area contributed by atoms with E-state index in [0.717, 1.165) is 23.2 Å². The van der Waals surface area contributed by atoms with E-state index in [4.69, 9.17) is 9.47 Å². The van der Waals surface area contributed by atoms with E-state index in [1.54, 1.807) is 7.11 Å². The molecule has 4 heteroatoms. The molecular weight excluding hydrogens is 306 g/mol. The second-order valence-corrected chi connectivity index (χ2v) is 5.66. The monoisotopic (exact) mass is 329 g/mol. The van der Waals surface area contributed by atoms with Gasteiger partial charge in [0.2, 0.25) is 0 Å². The highest BCUT2D eigenvalue weighted by molar-refractivity contribution is 9.10. The first-order valence-corrected chi connectivity index (χ1v) is 7.56. The van der Waals surface area contributed by atoms with Crippen molar-refractivity contribution in [1.29, 1.82) is 0 Å². The predicted molar refractivity (Wildman–Crippen MR) is 82.8 cm³/mol. The molecule has 108 valence electrons. The molecule has 0 saturated heterocycles. The summed E-state index contributed by atoms with van der Waals surface area (Å²) in [5, 5.41) is 3.49. The summed E-state index contributed by atoms with van der Waals surface area (Å²) < 4.78 is 12.1. The highest BCUT2D eigenvalue weighted by Gasteiger charge is 2.14. The number of hydrogen-bond donors (Lipinski definition) is 1. The Bertz CT molecular complexity index is 384. The first-order chi connectivity index (χ1) is 9.08. The lowest BCUT2D eigenvalue weighted by Crippen LogP contribution is -2.22. The zero-order chi connectivity index (χ0) is 14.3. The number of benzene rings is 1. The van der Waals surface area contributed by atoms with Gasteiger partial charge in [0.15, 0.2) is 0 Å². The summed E-state index contributed by atoms with van der Waals surface area (Å²) in [6.07, 6.45) is 1.16. The number of ether oxygens (including phenoxy) is 2. The Balaban J connectivity index is 2.84. The molecule has 0 radical (unpaired) electrons. The lowest BCUT2D eigenvalue weighted by molar-refractivity contribution is 0.0910. The molecule has 0 heterocycles. The quantitative estimate of drug-likeness (QED) is 0.784. The normalized spacial score (nSPS) is 14.2. The van der Waals surface area contributed by atoms with Crippen LogP contribution in [0.5, 0.6) is 5.75 Å². The van der Waals surface area contributed by atoms with Crippen LogP contribution in [0.4, 0.5) is 0 Å². The van der Waals surface area contributed by atoms with Crippen molar-refractivity contribution in [3.63, 3.8) is 0 Å². The average Bonchev–Trinajstić information content (AvgIpc) is 2.36. The minimum absolute atomic E-state index is 0.0384. The van der Waals surface area contributed by atoms with Crippen molar-refractivity contribution in [3.8, 4) is 5.75 Å². The Morgan fingerprint density at radius 3 is 2.68 bits per heavy atom. The van der Waals surface area contributed by atoms with Crippen LogP contribution in [0, 0.1) is 0 Å². The second-order valence-electron chi connectivity index (χ2n) is 4.74. The molecular formula is C15H24BrNO2. The fourth-order valence-electron chi connectivity index (χ4n) is 1.92. The van der Waals surface area contributed by atoms with Gasteiger partial charge in [-0.15, -0.1) is 0 Å². The van der Waals surface area contributed by atoms with Crippen LogP contribution in [0.25, 0.3) is 0 Å². The van der Waals surface area contributed by atoms with Crippen LogP contribution in [0.3, 0.4) is 0 Å². The maximum absolute atomic E-state index is 5.97. The van der Waals surface area contributed by atoms with Gasteiger partial charge in [-0.1, -0.05) is 28.9 Å². The topological polar surface area (TPSA) is 30.5 Å². The number of halogens is 1. The van der Waals surface area contributed by atoms with E-state index >= 15 is 0 Å². The zero-order valence-corrected chi connectivity index (χ0v) is 13.8. The van der Waals surface area contributed by atoms with Gasteiger partial charge in [0.25, 0.3) is 0 Å². The van der Waals surface area contributed by atoms with Gasteiger partial charge in [-0.2, -0.15) is 0 Å². The van der Waals surface area contributed by atoms with Crippen molar-refractivity contribution >= 4 is 15.9 Å². The molecule has 19 heavy (non-hydrogen) atoms. The van der Waals surface area contributed by atoms with Gasteiger partial charge in [0.1, 0.15) is 11.9 Å². The first kappa shape index (κ1) is 16.5. The predicted octanol–water partition coefficient (Wildman–Crippen LogP) is 3.92. The van der Waals surface area contributed by atoms with Crippen LogP contribution >= 0.6 is 15.9 Å². The molecule has 1 rings (SSSR count). The number of hydrogen-bond acceptors (Lipinski definition) is 3. The van der Waals surface area contributed by atoms with Crippen molar-refractivity contribution in [1.82, 2.24) is 5.32 Å². The van der Waals surface area contributed by atoms with Crippen LogP contribution in [0.15, 0.2) is 22.7 Å². The number of rotatable bonds is 8. The van der Waals surface area contributed by atoms with E-state index in [2.05, 4.69) is 41.2 Å². The standard InChI is InChI=1S/C15H24BrNO2/c1-5-8-17-12(3)14-7-6-13(16)9-15(14)19-11(2)10-18-4/h6-7,9,11-12,17H,5,8,10H2,1-4H3. The van der Waals surface area contributed by atoms with E-state index < -0.39 is 0 Å². The van der Waals surface area contributed by atoms with Crippen LogP contribution in [0.1, 0.15) is 38.8 Å². The SMILES string of the molecule is CCCNC(C)c1ccc(Br)cc1OC(C)COC. The Hall–Kier alpha value is -0.580. The van der Waals surface area contributed by atoms with Crippen molar-refractivity contribution in [3.05, 3.63) is 28.2 Å². The van der Waals surface area contributed by atoms with Crippen LogP contribution in [-0.2, 0) is 4.74 Å². The summed E-state index contributed by atoms with van der Waals surface area (Å²) in [6.45, 7) is 7.93. The van der Waals surface area contributed by atoms with Crippen molar-refractivity contribution < 1.29 is 9.47 Å². The zero-order valence-electron chi connectivity index (χ0n) is 12.2. The smallest absolute Gasteiger partial charge is 0.125 e. The highest BCUT2D eigenvalue weighted by Crippen LogP contribution is 2.29. The van der Waals surface area contributed by atoms with Gasteiger partial charge in [-0.3, -0.25) is 0 Å². The third kappa shape index (κ3) is 5.51. The van der Waals surface area contributed by atoms with Gasteiger partial charge in [-0.25, -0.2) is 0 Å². The molecule has 0 bridgehead atoms. The molecule has 0 spiro atoms. The highest BCUT2D eigenvalue weighted by atomic mass is 79.9. The molecule has 0 aliphatic heterocycles. The third-order valence-electron chi connectivity index (χ3n) is 2.87. The van der Waals surface area contributed by atoms with Gasteiger partial charge in [0, 0.05) is 23.2 Å². The Morgan fingerprint density at radius 2 is 2.05 bits per heavy atom. The molecule has 0 aliphatic rings. The van der Waals surface area contributed by atoms with E-state index in [1.807, 2.05) is 19.1 Å². The van der Waals surface area contributed by atoms with Crippen molar-refractivity contribution in [2.24, 2.45) is 0 Å². The van der Waals surface area contributed by atoms with Crippen LogP contribution in [0.2, 0.25) is 0 Å². The van der Waals surface area contributed by atoms with Crippen molar-refractivity contribution in [2.75, 3.05) is 20.3 Å². The van der Waals surface area contributed by atoms with Gasteiger partial charge >= 0.3 is 0 Å². The third-order valence-corrected chi connectivity index (χ3v) is 3.37. The van der Waals surface area contributed by atoms with E-state index in [1.165, 1.54) is 5.56 Å². The van der Waals surface area contributed by atoms with Gasteiger partial charge < -0.3 is 14.8 Å². The lowest BCUT2D eigenvalue weighted by atomic mass is 10.1. The Labute approximate surface area is 124 Å². The first-order valence-electron chi connectivity index (χ1n) is 6.76. The summed E-state index contributed by atoms with van der Waals surface area (Å²) in [6, 6.07) is 6.45. The summed E-state index contributed by atoms with van der Waals surface area (Å²) in [7, 11) is 1.69. The fourth-order valence-corrected chi connectivity index (χ4v) is 2.26. The van der Waals surface area contributed by atoms with E-state index in [-0.39, 0.29) is 12.1 Å². The molecule has 1 aromatic rings. The molecule has 2 atom stereocenters. The lowest BCUT2D eigenvalue weighted by Gasteiger charge is -2.21. The second kappa shape index (κ2) is 8.56. The van der Waals surface area contributed by atoms with Gasteiger partial charge in [-0.05, 0) is 38.9 Å². The van der Waals surface area contributed by atoms with Crippen LogP contribution in [-0.4, -0.2) is 26.4 Å². The molecule has 1 N–H and O–H groups in total. The maximum atomic E-state index is 5.97. The maximum Gasteiger partial charge on any atom is 0.125 e. The van der Waals surface area contributed by atoms with E-state index in [9.17, 15) is 0 Å². The average molecular weight is 330 g/mol. The van der Waals surface area contributed by atoms with E-state index in [0.29, 0.717) is 6.61 Å². The fraction of sp³-hybridized carbons (Fsp3) is 0.600. The molecule has 0 aromatic heterocycles. The minimum Gasteiger partial charge on any atom is -0.488 e. The summed E-state index contributed by atoms with van der Waals surface area (Å²) in [5.41, 5.74) is 1.18. The molecule has 0 aliphatic carbocycles. The molecule has 0 fully saturated rings. The summed E-state index contributed by atoms with van der Waals surface area (Å²) >= 11 is 3.50.